The molecule has 0 fully saturated rings. The van der Waals surface area contributed by atoms with Crippen molar-refractivity contribution in [2.75, 3.05) is 0 Å². The minimum atomic E-state index is 0.543. The van der Waals surface area contributed by atoms with E-state index in [0.717, 1.165) is 11.3 Å². The lowest BCUT2D eigenvalue weighted by atomic mass is 10.2. The Kier molecular flexibility index (Phi) is 3.63. The molecule has 0 unspecified atom stereocenters. The van der Waals surface area contributed by atoms with Gasteiger partial charge in [-0.2, -0.15) is 20.5 Å². The Balaban J connectivity index is 1.69. The molecule has 2 rings (SSSR count). The van der Waals surface area contributed by atoms with Crippen molar-refractivity contribution in [1.82, 2.24) is 20.5 Å². The van der Waals surface area contributed by atoms with E-state index in [9.17, 15) is 0 Å². The maximum absolute atomic E-state index is 5.31. The number of benzene rings is 1. The highest BCUT2D eigenvalue weighted by molar-refractivity contribution is 5.13. The summed E-state index contributed by atoms with van der Waals surface area (Å²) in [5.41, 5.74) is 4.84. The largest absolute Gasteiger partial charge is 0.297 e. The smallest absolute Gasteiger partial charge is 0.0988 e. The van der Waals surface area contributed by atoms with Crippen LogP contribution in [0.15, 0.2) is 36.5 Å². The molecule has 0 aliphatic rings. The first-order chi connectivity index (χ1) is 7.84. The zero-order chi connectivity index (χ0) is 11.2. The zero-order valence-electron chi connectivity index (χ0n) is 9.13. The van der Waals surface area contributed by atoms with Gasteiger partial charge in [0.15, 0.2) is 0 Å². The van der Waals surface area contributed by atoms with Crippen LogP contribution in [0.2, 0.25) is 0 Å². The Labute approximate surface area is 94.0 Å². The van der Waals surface area contributed by atoms with Gasteiger partial charge in [-0.3, -0.25) is 4.84 Å². The third kappa shape index (κ3) is 3.15. The number of hydrogen-bond donors (Lipinski definition) is 1. The summed E-state index contributed by atoms with van der Waals surface area (Å²) in [5, 5.41) is 8.08. The lowest BCUT2D eigenvalue weighted by Crippen LogP contribution is -2.14. The molecule has 5 heteroatoms. The van der Waals surface area contributed by atoms with Crippen molar-refractivity contribution >= 4 is 0 Å². The van der Waals surface area contributed by atoms with Crippen LogP contribution in [0.3, 0.4) is 0 Å². The summed E-state index contributed by atoms with van der Waals surface area (Å²) in [6.07, 6.45) is 1.71. The minimum absolute atomic E-state index is 0.543. The number of hydrogen-bond acceptors (Lipinski definition) is 4. The Morgan fingerprint density at radius 2 is 2.12 bits per heavy atom. The fourth-order valence-electron chi connectivity index (χ4n) is 1.30. The molecule has 2 aromatic rings. The molecule has 5 nitrogen and oxygen atoms in total. The number of hydroxylamine groups is 1. The molecule has 0 aliphatic carbocycles. The van der Waals surface area contributed by atoms with Gasteiger partial charge in [0, 0.05) is 7.05 Å². The van der Waals surface area contributed by atoms with Crippen molar-refractivity contribution in [3.05, 3.63) is 47.8 Å². The quantitative estimate of drug-likeness (QED) is 0.601. The van der Waals surface area contributed by atoms with E-state index in [1.165, 1.54) is 4.80 Å². The molecule has 1 heterocycles. The maximum atomic E-state index is 5.31. The summed E-state index contributed by atoms with van der Waals surface area (Å²) in [4.78, 5) is 6.83. The van der Waals surface area contributed by atoms with E-state index >= 15 is 0 Å². The van der Waals surface area contributed by atoms with E-state index in [1.807, 2.05) is 30.3 Å². The van der Waals surface area contributed by atoms with Crippen molar-refractivity contribution in [2.45, 2.75) is 13.2 Å². The van der Waals surface area contributed by atoms with Crippen molar-refractivity contribution in [3.63, 3.8) is 0 Å². The van der Waals surface area contributed by atoms with Gasteiger partial charge >= 0.3 is 0 Å². The summed E-state index contributed by atoms with van der Waals surface area (Å²) < 4.78 is 0. The first-order valence-electron chi connectivity index (χ1n) is 5.08. The second-order valence-corrected chi connectivity index (χ2v) is 3.42. The van der Waals surface area contributed by atoms with Gasteiger partial charge in [-0.05, 0) is 5.56 Å². The number of aromatic nitrogens is 3. The number of rotatable bonds is 5. The summed E-state index contributed by atoms with van der Waals surface area (Å²) in [5.74, 6) is 0. The van der Waals surface area contributed by atoms with Gasteiger partial charge in [-0.1, -0.05) is 30.3 Å². The molecule has 1 N–H and O–H groups in total. The molecule has 0 aliphatic heterocycles. The predicted octanol–water partition coefficient (Wildman–Crippen LogP) is 1.04. The van der Waals surface area contributed by atoms with E-state index in [-0.39, 0.29) is 0 Å². The van der Waals surface area contributed by atoms with Crippen molar-refractivity contribution in [2.24, 2.45) is 7.05 Å². The van der Waals surface area contributed by atoms with Gasteiger partial charge in [0.1, 0.15) is 0 Å². The van der Waals surface area contributed by atoms with E-state index in [1.54, 1.807) is 13.2 Å². The molecule has 0 spiro atoms. The molecule has 0 saturated carbocycles. The standard InChI is InChI=1S/C11H14N4O/c1-15-12-7-11(14-15)8-13-16-9-10-5-3-2-4-6-10/h2-7,13H,8-9H2,1H3. The molecule has 1 aromatic heterocycles. The van der Waals surface area contributed by atoms with Gasteiger partial charge in [0.05, 0.1) is 25.0 Å². The molecule has 0 atom stereocenters. The summed E-state index contributed by atoms with van der Waals surface area (Å²) >= 11 is 0. The highest BCUT2D eigenvalue weighted by Crippen LogP contribution is 1.99. The molecule has 1 aromatic carbocycles. The third-order valence-electron chi connectivity index (χ3n) is 2.08. The van der Waals surface area contributed by atoms with Crippen molar-refractivity contribution in [1.29, 1.82) is 0 Å². The van der Waals surface area contributed by atoms with E-state index in [2.05, 4.69) is 15.7 Å². The molecule has 0 radical (unpaired) electrons. The van der Waals surface area contributed by atoms with Crippen LogP contribution in [-0.2, 0) is 25.0 Å². The fourth-order valence-corrected chi connectivity index (χ4v) is 1.30. The number of aryl methyl sites for hydroxylation is 1. The monoisotopic (exact) mass is 218 g/mol. The van der Waals surface area contributed by atoms with Gasteiger partial charge < -0.3 is 0 Å². The Hall–Kier alpha value is -1.72. The minimum Gasteiger partial charge on any atom is -0.297 e. The first kappa shape index (κ1) is 10.8. The molecular formula is C11H14N4O. The lowest BCUT2D eigenvalue weighted by Gasteiger charge is -2.03. The Morgan fingerprint density at radius 1 is 1.31 bits per heavy atom. The van der Waals surface area contributed by atoms with Crippen LogP contribution in [-0.4, -0.2) is 15.0 Å². The topological polar surface area (TPSA) is 52.0 Å². The molecule has 84 valence electrons. The number of nitrogens with one attached hydrogen (secondary N) is 1. The average molecular weight is 218 g/mol. The van der Waals surface area contributed by atoms with Crippen LogP contribution in [0.1, 0.15) is 11.3 Å². The average Bonchev–Trinajstić information content (AvgIpc) is 2.72. The lowest BCUT2D eigenvalue weighted by molar-refractivity contribution is 0.0228. The third-order valence-corrected chi connectivity index (χ3v) is 2.08. The molecule has 16 heavy (non-hydrogen) atoms. The van der Waals surface area contributed by atoms with Crippen molar-refractivity contribution in [3.8, 4) is 0 Å². The van der Waals surface area contributed by atoms with Crippen LogP contribution >= 0.6 is 0 Å². The van der Waals surface area contributed by atoms with Gasteiger partial charge in [-0.15, -0.1) is 0 Å². The summed E-state index contributed by atoms with van der Waals surface area (Å²) in [6.45, 7) is 1.10. The van der Waals surface area contributed by atoms with Crippen LogP contribution in [0.25, 0.3) is 0 Å². The maximum Gasteiger partial charge on any atom is 0.0988 e. The summed E-state index contributed by atoms with van der Waals surface area (Å²) in [6, 6.07) is 9.99. The van der Waals surface area contributed by atoms with E-state index in [4.69, 9.17) is 4.84 Å². The first-order valence-corrected chi connectivity index (χ1v) is 5.08. The Morgan fingerprint density at radius 3 is 2.81 bits per heavy atom. The zero-order valence-corrected chi connectivity index (χ0v) is 9.13. The SMILES string of the molecule is Cn1ncc(CNOCc2ccccc2)n1. The van der Waals surface area contributed by atoms with Crippen LogP contribution in [0, 0.1) is 0 Å². The Bertz CT molecular complexity index is 427. The van der Waals surface area contributed by atoms with Crippen LogP contribution in [0.5, 0.6) is 0 Å². The molecule has 0 saturated heterocycles. The van der Waals surface area contributed by atoms with Gasteiger partial charge in [-0.25, -0.2) is 0 Å². The fraction of sp³-hybridized carbons (Fsp3) is 0.273. The predicted molar refractivity (Wildman–Crippen MR) is 59.1 cm³/mol. The second-order valence-electron chi connectivity index (χ2n) is 3.42. The second kappa shape index (κ2) is 5.39. The van der Waals surface area contributed by atoms with Gasteiger partial charge in [0.25, 0.3) is 0 Å². The number of nitrogens with zero attached hydrogens (tertiary/aromatic N) is 3. The summed E-state index contributed by atoms with van der Waals surface area (Å²) in [7, 11) is 1.79. The van der Waals surface area contributed by atoms with Gasteiger partial charge in [0.2, 0.25) is 0 Å². The molecule has 0 amide bonds. The molecular weight excluding hydrogens is 204 g/mol. The van der Waals surface area contributed by atoms with Crippen LogP contribution in [0.4, 0.5) is 0 Å². The highest BCUT2D eigenvalue weighted by atomic mass is 16.6. The molecule has 0 bridgehead atoms. The highest BCUT2D eigenvalue weighted by Gasteiger charge is 1.97. The van der Waals surface area contributed by atoms with E-state index in [0.29, 0.717) is 13.2 Å². The van der Waals surface area contributed by atoms with Crippen molar-refractivity contribution < 1.29 is 4.84 Å². The van der Waals surface area contributed by atoms with Crippen LogP contribution < -0.4 is 5.48 Å². The van der Waals surface area contributed by atoms with E-state index < -0.39 is 0 Å². The normalized spacial score (nSPS) is 10.6.